The molecule has 0 aromatic rings. The summed E-state index contributed by atoms with van der Waals surface area (Å²) in [5.74, 6) is -26.9. The normalized spacial score (nSPS) is 10.5. The van der Waals surface area contributed by atoms with E-state index in [0.29, 0.717) is 0 Å². The predicted octanol–water partition coefficient (Wildman–Crippen LogP) is 6.18. The van der Waals surface area contributed by atoms with Gasteiger partial charge >= 0.3 is 122 Å². The number of rotatable bonds is 30. The molecule has 0 unspecified atom stereocenters. The quantitative estimate of drug-likeness (QED) is 0.0255. The van der Waals surface area contributed by atoms with Crippen molar-refractivity contribution in [2.75, 3.05) is 79.3 Å². The number of ether oxygens (including phenoxy) is 12. The highest BCUT2D eigenvalue weighted by molar-refractivity contribution is 5.88. The van der Waals surface area contributed by atoms with Crippen molar-refractivity contribution in [3.63, 3.8) is 0 Å². The number of hydrogen-bond donors (Lipinski definition) is 0. The maximum absolute atomic E-state index is 12.3. The van der Waals surface area contributed by atoms with E-state index in [2.05, 4.69) is 96.3 Å². The molecule has 0 aromatic heterocycles. The highest BCUT2D eigenvalue weighted by Crippen LogP contribution is 2.25. The fraction of sp³-hybridized carbons (Fsp3) is 0.489. The van der Waals surface area contributed by atoms with E-state index in [9.17, 15) is 137 Å². The molecule has 42 heteroatoms. The first-order chi connectivity index (χ1) is 40.7. The van der Waals surface area contributed by atoms with E-state index in [0.717, 1.165) is 18.2 Å². The fourth-order valence-electron chi connectivity index (χ4n) is 2.86. The zero-order valence-electron chi connectivity index (χ0n) is 45.9. The van der Waals surface area contributed by atoms with E-state index in [4.69, 9.17) is 0 Å². The first-order valence-corrected chi connectivity index (χ1v) is 22.6. The predicted molar refractivity (Wildman–Crippen MR) is 253 cm³/mol. The SMILES string of the molecule is C=C(C)C(=O)OCCOC(=O)C(F)(F)C(F)F.C=C(C)C(=O)OCCOC(=O)C(F)(F)F.C=C(C)C(=O)OCCOC(=O)C(F)F.C=CC(=O)OCCOC(=O)C(F)(F)C(F)F.C=CC(=O)OCCOC(=O)C(F)(F)F.C=CC(=O)OCCOC(=O)C(F)F. The van der Waals surface area contributed by atoms with Gasteiger partial charge < -0.3 is 56.8 Å². The van der Waals surface area contributed by atoms with Gasteiger partial charge in [0.15, 0.2) is 0 Å². The van der Waals surface area contributed by atoms with Crippen molar-refractivity contribution >= 4 is 71.6 Å². The van der Waals surface area contributed by atoms with Gasteiger partial charge in [-0.3, -0.25) is 0 Å². The summed E-state index contributed by atoms with van der Waals surface area (Å²) < 4.78 is 260. The molecule has 24 nitrogen and oxygen atoms in total. The molecule has 0 atom stereocenters. The second-order valence-electron chi connectivity index (χ2n) is 14.2. The Hall–Kier alpha value is -9.18. The van der Waals surface area contributed by atoms with Crippen LogP contribution in [0.25, 0.3) is 0 Å². The molecule has 89 heavy (non-hydrogen) atoms. The molecule has 0 aliphatic carbocycles. The van der Waals surface area contributed by atoms with E-state index < -0.39 is 174 Å². The molecule has 510 valence electrons. The summed E-state index contributed by atoms with van der Waals surface area (Å²) in [6, 6.07) is 0. The lowest BCUT2D eigenvalue weighted by Crippen LogP contribution is -2.38. The lowest BCUT2D eigenvalue weighted by molar-refractivity contribution is -0.200. The van der Waals surface area contributed by atoms with Crippen LogP contribution in [0.1, 0.15) is 20.8 Å². The van der Waals surface area contributed by atoms with Crippen LogP contribution in [0.4, 0.5) is 79.0 Å². The molecule has 0 aliphatic heterocycles. The topological polar surface area (TPSA) is 316 Å². The zero-order chi connectivity index (χ0) is 71.1. The largest absolute Gasteiger partial charge is 0.490 e. The molecule has 0 saturated heterocycles. The van der Waals surface area contributed by atoms with Crippen LogP contribution in [-0.2, 0) is 114 Å². The van der Waals surface area contributed by atoms with Gasteiger partial charge in [0.05, 0.1) is 0 Å². The monoisotopic (exact) mass is 1340 g/mol. The molecule has 0 amide bonds. The minimum atomic E-state index is -5.03. The average molecular weight is 1340 g/mol. The van der Waals surface area contributed by atoms with E-state index in [-0.39, 0.29) is 43.1 Å². The molecule has 0 N–H and O–H groups in total. The van der Waals surface area contributed by atoms with Gasteiger partial charge in [0.2, 0.25) is 0 Å². The first kappa shape index (κ1) is 91.0. The Kier molecular flexibility index (Phi) is 50.0. The smallest absolute Gasteiger partial charge is 0.459 e. The van der Waals surface area contributed by atoms with Gasteiger partial charge in [-0.2, -0.15) is 61.5 Å². The van der Waals surface area contributed by atoms with Crippen molar-refractivity contribution in [2.45, 2.75) is 70.7 Å². The second-order valence-corrected chi connectivity index (χ2v) is 14.2. The molecule has 0 aromatic carbocycles. The fourth-order valence-corrected chi connectivity index (χ4v) is 2.86. The standard InChI is InChI=1S/C9H10F4O4.C8H8F4O4.C8H9F3O4.C8H10F2O4.C7H7F3O4.C7H8F2O4/c1-5(2)6(14)16-3-4-17-8(15)9(12,13)7(10)11;1-2-5(13)15-3-4-16-7(14)8(11,12)6(9)10;1-5(2)6(12)14-3-4-15-7(13)8(9,10)11;1-5(2)7(11)13-3-4-14-8(12)6(9)10;1-2-5(11)13-3-4-14-6(12)7(8,9)10;1-2-5(10)12-3-4-13-7(11)6(8)9/h7H,1,3-4H2,2H3;2,6H,1,3-4H2;1,3-4H2,2H3;6H,1,3-4H2,2H3;2H,1,3-4H2;2,6H,1,3-4H2. The summed E-state index contributed by atoms with van der Waals surface area (Å²) in [5, 5.41) is 0. The molecular weight excluding hydrogens is 1290 g/mol. The van der Waals surface area contributed by atoms with Crippen LogP contribution in [0.5, 0.6) is 0 Å². The number of carbonyl (C=O) groups is 12. The van der Waals surface area contributed by atoms with E-state index >= 15 is 0 Å². The van der Waals surface area contributed by atoms with Crippen LogP contribution in [0.3, 0.4) is 0 Å². The van der Waals surface area contributed by atoms with Gasteiger partial charge in [0.1, 0.15) is 79.3 Å². The summed E-state index contributed by atoms with van der Waals surface area (Å²) in [5.41, 5.74) is 0.358. The zero-order valence-corrected chi connectivity index (χ0v) is 45.9. The Bertz CT molecular complexity index is 2350. The highest BCUT2D eigenvalue weighted by atomic mass is 19.4. The van der Waals surface area contributed by atoms with Crippen molar-refractivity contribution in [3.8, 4) is 0 Å². The van der Waals surface area contributed by atoms with Gasteiger partial charge in [0.25, 0.3) is 0 Å². The van der Waals surface area contributed by atoms with Crippen molar-refractivity contribution in [2.24, 2.45) is 0 Å². The van der Waals surface area contributed by atoms with E-state index in [1.54, 1.807) is 0 Å². The van der Waals surface area contributed by atoms with Crippen molar-refractivity contribution in [1.82, 2.24) is 0 Å². The van der Waals surface area contributed by atoms with Gasteiger partial charge in [0, 0.05) is 34.9 Å². The summed E-state index contributed by atoms with van der Waals surface area (Å²) in [6.45, 7) is 17.2. The number of carbonyl (C=O) groups excluding carboxylic acids is 12. The Morgan fingerprint density at radius 1 is 0.315 bits per heavy atom. The van der Waals surface area contributed by atoms with Crippen LogP contribution in [0, 0.1) is 0 Å². The molecular formula is C47H52F18O24. The molecule has 0 aliphatic rings. The second kappa shape index (κ2) is 48.9. The van der Waals surface area contributed by atoms with Crippen molar-refractivity contribution < 1.29 is 193 Å². The third-order valence-electron chi connectivity index (χ3n) is 6.81. The van der Waals surface area contributed by atoms with Crippen LogP contribution >= 0.6 is 0 Å². The average Bonchev–Trinajstić information content (AvgIpc) is 3.16. The molecule has 0 rings (SSSR count). The van der Waals surface area contributed by atoms with Gasteiger partial charge in [-0.15, -0.1) is 0 Å². The number of alkyl halides is 18. The third-order valence-corrected chi connectivity index (χ3v) is 6.81. The third kappa shape index (κ3) is 51.7. The summed E-state index contributed by atoms with van der Waals surface area (Å²) in [4.78, 5) is 125. The number of hydrogen-bond acceptors (Lipinski definition) is 24. The number of esters is 12. The van der Waals surface area contributed by atoms with Gasteiger partial charge in [-0.25, -0.2) is 75.1 Å². The summed E-state index contributed by atoms with van der Waals surface area (Å²) in [7, 11) is 0. The van der Waals surface area contributed by atoms with Crippen LogP contribution < -0.4 is 0 Å². The summed E-state index contributed by atoms with van der Waals surface area (Å²) in [6.07, 6.45) is -22.1. The lowest BCUT2D eigenvalue weighted by Gasteiger charge is -2.13. The molecule has 0 fully saturated rings. The van der Waals surface area contributed by atoms with Crippen LogP contribution in [0.2, 0.25) is 0 Å². The minimum absolute atomic E-state index is 0.0641. The molecule has 0 radical (unpaired) electrons. The Morgan fingerprint density at radius 3 is 0.663 bits per heavy atom. The Labute approximate surface area is 489 Å². The number of halogens is 18. The van der Waals surface area contributed by atoms with E-state index in [1.165, 1.54) is 20.8 Å². The van der Waals surface area contributed by atoms with Gasteiger partial charge in [-0.1, -0.05) is 39.5 Å². The molecule has 0 heterocycles. The maximum atomic E-state index is 12.3. The Morgan fingerprint density at radius 2 is 0.494 bits per heavy atom. The molecule has 0 bridgehead atoms. The Balaban J connectivity index is -0.000000233. The lowest BCUT2D eigenvalue weighted by atomic mass is 10.3. The molecule has 0 spiro atoms. The maximum Gasteiger partial charge on any atom is 0.490 e. The molecule has 0 saturated carbocycles. The van der Waals surface area contributed by atoms with Crippen molar-refractivity contribution in [1.29, 1.82) is 0 Å². The van der Waals surface area contributed by atoms with E-state index in [1.807, 2.05) is 0 Å². The summed E-state index contributed by atoms with van der Waals surface area (Å²) >= 11 is 0. The van der Waals surface area contributed by atoms with Gasteiger partial charge in [-0.05, 0) is 20.8 Å². The highest BCUT2D eigenvalue weighted by Gasteiger charge is 2.51. The van der Waals surface area contributed by atoms with Crippen LogP contribution in [0.15, 0.2) is 74.4 Å². The van der Waals surface area contributed by atoms with Crippen LogP contribution in [-0.4, -0.2) is 201 Å². The van der Waals surface area contributed by atoms with Crippen molar-refractivity contribution in [3.05, 3.63) is 74.4 Å². The minimum Gasteiger partial charge on any atom is -0.459 e. The first-order valence-electron chi connectivity index (χ1n) is 22.6.